The second-order valence-electron chi connectivity index (χ2n) is 11.5. The highest BCUT2D eigenvalue weighted by Gasteiger charge is 2.59. The number of hydrogen-bond donors (Lipinski definition) is 6. The Bertz CT molecular complexity index is 1250. The van der Waals surface area contributed by atoms with E-state index in [1.54, 1.807) is 0 Å². The first-order valence-corrected chi connectivity index (χ1v) is 12.2. The first-order valence-electron chi connectivity index (χ1n) is 12.2. The van der Waals surface area contributed by atoms with Gasteiger partial charge < -0.3 is 31.5 Å². The molecule has 1 aromatic carbocycles. The molecule has 4 rings (SSSR count). The lowest BCUT2D eigenvalue weighted by Gasteiger charge is -2.46. The number of phenolic OH excluding ortho intramolecular Hbond substituents is 1. The van der Waals surface area contributed by atoms with Crippen molar-refractivity contribution in [2.75, 3.05) is 0 Å². The van der Waals surface area contributed by atoms with Gasteiger partial charge in [-0.05, 0) is 56.6 Å². The van der Waals surface area contributed by atoms with E-state index in [1.165, 1.54) is 0 Å². The fourth-order valence-corrected chi connectivity index (χ4v) is 5.78. The quantitative estimate of drug-likeness (QED) is 0.344. The van der Waals surface area contributed by atoms with Gasteiger partial charge in [-0.25, -0.2) is 0 Å². The third-order valence-electron chi connectivity index (χ3n) is 7.61. The van der Waals surface area contributed by atoms with Crippen molar-refractivity contribution < 1.29 is 34.8 Å². The van der Waals surface area contributed by atoms with E-state index in [1.807, 2.05) is 40.7 Å². The van der Waals surface area contributed by atoms with Crippen molar-refractivity contribution >= 4 is 17.5 Å². The molecular weight excluding hydrogens is 464 g/mol. The molecule has 0 saturated carbocycles. The zero-order valence-electron chi connectivity index (χ0n) is 21.2. The lowest BCUT2D eigenvalue weighted by atomic mass is 9.60. The summed E-state index contributed by atoms with van der Waals surface area (Å²) in [5, 5.41) is 47.4. The topological polar surface area (TPSA) is 170 Å². The van der Waals surface area contributed by atoms with Crippen LogP contribution in [0.1, 0.15) is 80.4 Å². The molecule has 7 N–H and O–H groups in total. The third kappa shape index (κ3) is 3.81. The number of Topliss-reactive ketones (excluding diaryl/α,β-unsaturated/α-hetero) is 2. The van der Waals surface area contributed by atoms with E-state index >= 15 is 0 Å². The molecule has 0 unspecified atom stereocenters. The highest BCUT2D eigenvalue weighted by Crippen LogP contribution is 2.52. The molecule has 3 aliphatic rings. The van der Waals surface area contributed by atoms with Crippen LogP contribution >= 0.6 is 0 Å². The minimum atomic E-state index is -2.56. The average molecular weight is 499 g/mol. The van der Waals surface area contributed by atoms with Gasteiger partial charge in [-0.15, -0.1) is 0 Å². The monoisotopic (exact) mass is 498 g/mol. The number of allylic oxidation sites excluding steroid dienone is 2. The number of aliphatic hydroxyl groups is 3. The number of aromatic hydroxyl groups is 1. The summed E-state index contributed by atoms with van der Waals surface area (Å²) in [6.45, 7) is 10.2. The summed E-state index contributed by atoms with van der Waals surface area (Å²) in [5.41, 5.74) is 3.70. The van der Waals surface area contributed by atoms with Gasteiger partial charge in [0.2, 0.25) is 5.78 Å². The maximum absolute atomic E-state index is 13.8. The number of nitrogens with two attached hydrogens (primary N) is 1. The van der Waals surface area contributed by atoms with Gasteiger partial charge in [0.05, 0.1) is 5.56 Å². The summed E-state index contributed by atoms with van der Waals surface area (Å²) >= 11 is 0. The van der Waals surface area contributed by atoms with Crippen LogP contribution in [0.3, 0.4) is 0 Å². The number of primary amides is 1. The average Bonchev–Trinajstić information content (AvgIpc) is 2.74. The maximum Gasteiger partial charge on any atom is 0.255 e. The summed E-state index contributed by atoms with van der Waals surface area (Å²) in [4.78, 5) is 38.7. The molecule has 9 heteroatoms. The Morgan fingerprint density at radius 3 is 2.39 bits per heavy atom. The normalized spacial score (nSPS) is 26.2. The predicted octanol–water partition coefficient (Wildman–Crippen LogP) is 2.59. The molecule has 0 aliphatic heterocycles. The number of phenols is 1. The Morgan fingerprint density at radius 1 is 1.19 bits per heavy atom. The molecule has 9 nitrogen and oxygen atoms in total. The van der Waals surface area contributed by atoms with Crippen LogP contribution in [0.5, 0.6) is 5.75 Å². The standard InChI is InChI=1S/C27H34N2O7/c1-11(2)15-8-13(10-29-26(3,4)5)21(31)19-16(15)7-12-6-14-9-17(30)20(25(28)35)24(34)27(14,36)23(33)18(12)22(19)32/h8,11-12,14,29-31,33,36H,6-7,9-10H2,1-5H3,(H2,28,35)/t12-,14+,27+/m1/s1. The van der Waals surface area contributed by atoms with Gasteiger partial charge in [-0.3, -0.25) is 14.4 Å². The highest BCUT2D eigenvalue weighted by atomic mass is 16.3. The van der Waals surface area contributed by atoms with Crippen molar-refractivity contribution in [2.45, 2.75) is 77.5 Å². The number of carbonyl (C=O) groups excluding carboxylic acids is 3. The zero-order valence-corrected chi connectivity index (χ0v) is 21.2. The van der Waals surface area contributed by atoms with Crippen LogP contribution < -0.4 is 11.1 Å². The molecule has 0 fully saturated rings. The number of ketones is 2. The van der Waals surface area contributed by atoms with E-state index in [4.69, 9.17) is 5.73 Å². The SMILES string of the molecule is CC(C)c1cc(CNC(C)(C)C)c(O)c2c1C[C@H]1C[C@H]3CC(O)=C(C(N)=O)C(=O)[C@@]3(O)C(O)=C1C2=O. The van der Waals surface area contributed by atoms with Crippen molar-refractivity contribution in [1.82, 2.24) is 5.32 Å². The number of hydrogen-bond acceptors (Lipinski definition) is 8. The fraction of sp³-hybridized carbons (Fsp3) is 0.519. The molecular formula is C27H34N2O7. The Hall–Kier alpha value is -3.17. The number of benzene rings is 1. The molecule has 0 heterocycles. The maximum atomic E-state index is 13.8. The fourth-order valence-electron chi connectivity index (χ4n) is 5.78. The third-order valence-corrected chi connectivity index (χ3v) is 7.61. The number of nitrogens with one attached hydrogen (secondary N) is 1. The van der Waals surface area contributed by atoms with Crippen LogP contribution in [-0.4, -0.2) is 49.0 Å². The van der Waals surface area contributed by atoms with Gasteiger partial charge in [0.1, 0.15) is 22.8 Å². The Morgan fingerprint density at radius 2 is 1.83 bits per heavy atom. The summed E-state index contributed by atoms with van der Waals surface area (Å²) < 4.78 is 0. The number of amides is 1. The molecule has 0 spiro atoms. The molecule has 3 aliphatic carbocycles. The minimum Gasteiger partial charge on any atom is -0.511 e. The van der Waals surface area contributed by atoms with Crippen LogP contribution in [0.4, 0.5) is 0 Å². The van der Waals surface area contributed by atoms with Crippen molar-refractivity contribution in [3.63, 3.8) is 0 Å². The van der Waals surface area contributed by atoms with E-state index in [2.05, 4.69) is 5.32 Å². The summed E-state index contributed by atoms with van der Waals surface area (Å²) in [7, 11) is 0. The van der Waals surface area contributed by atoms with Gasteiger partial charge in [-0.1, -0.05) is 19.9 Å². The Balaban J connectivity index is 1.89. The number of carbonyl (C=O) groups is 3. The van der Waals surface area contributed by atoms with Gasteiger partial charge in [0.25, 0.3) is 5.91 Å². The van der Waals surface area contributed by atoms with Crippen LogP contribution in [0.15, 0.2) is 28.7 Å². The molecule has 0 bridgehead atoms. The number of fused-ring (bicyclic) bond motifs is 3. The van der Waals surface area contributed by atoms with E-state index in [-0.39, 0.29) is 41.2 Å². The van der Waals surface area contributed by atoms with Crippen molar-refractivity contribution in [3.05, 3.63) is 51.0 Å². The van der Waals surface area contributed by atoms with E-state index in [9.17, 15) is 34.8 Å². The first kappa shape index (κ1) is 25.9. The number of aliphatic hydroxyl groups excluding tert-OH is 2. The summed E-state index contributed by atoms with van der Waals surface area (Å²) in [6.07, 6.45) is 0.187. The highest BCUT2D eigenvalue weighted by molar-refractivity contribution is 6.24. The Kier molecular flexibility index (Phi) is 6.08. The molecule has 3 atom stereocenters. The second kappa shape index (κ2) is 8.45. The Labute approximate surface area is 209 Å². The van der Waals surface area contributed by atoms with Crippen LogP contribution in [0.2, 0.25) is 0 Å². The van der Waals surface area contributed by atoms with Gasteiger partial charge in [-0.2, -0.15) is 0 Å². The van der Waals surface area contributed by atoms with Gasteiger partial charge in [0.15, 0.2) is 11.4 Å². The van der Waals surface area contributed by atoms with Crippen molar-refractivity contribution in [1.29, 1.82) is 0 Å². The lowest BCUT2D eigenvalue weighted by Crippen LogP contribution is -2.57. The largest absolute Gasteiger partial charge is 0.511 e. The molecule has 0 saturated heterocycles. The minimum absolute atomic E-state index is 0.0431. The van der Waals surface area contributed by atoms with Crippen LogP contribution in [0.25, 0.3) is 0 Å². The van der Waals surface area contributed by atoms with Gasteiger partial charge in [0, 0.05) is 35.6 Å². The van der Waals surface area contributed by atoms with E-state index in [0.717, 1.165) is 5.56 Å². The molecule has 1 amide bonds. The second-order valence-corrected chi connectivity index (χ2v) is 11.5. The van der Waals surface area contributed by atoms with Gasteiger partial charge >= 0.3 is 0 Å². The van der Waals surface area contributed by atoms with Crippen LogP contribution in [-0.2, 0) is 22.6 Å². The van der Waals surface area contributed by atoms with E-state index in [0.29, 0.717) is 24.1 Å². The summed E-state index contributed by atoms with van der Waals surface area (Å²) in [5.74, 6) is -6.10. The molecule has 36 heavy (non-hydrogen) atoms. The lowest BCUT2D eigenvalue weighted by molar-refractivity contribution is -0.144. The van der Waals surface area contributed by atoms with Crippen molar-refractivity contribution in [3.8, 4) is 5.75 Å². The molecule has 0 aromatic heterocycles. The van der Waals surface area contributed by atoms with Crippen LogP contribution in [0, 0.1) is 11.8 Å². The predicted molar refractivity (Wildman–Crippen MR) is 131 cm³/mol. The molecule has 0 radical (unpaired) electrons. The van der Waals surface area contributed by atoms with E-state index < -0.39 is 52.0 Å². The smallest absolute Gasteiger partial charge is 0.255 e. The van der Waals surface area contributed by atoms with Crippen molar-refractivity contribution in [2.24, 2.45) is 17.6 Å². The molecule has 1 aromatic rings. The number of rotatable bonds is 4. The molecule has 194 valence electrons. The first-order chi connectivity index (χ1) is 16.6. The summed E-state index contributed by atoms with van der Waals surface area (Å²) in [6, 6.07) is 1.90. The zero-order chi connectivity index (χ0) is 26.9.